The van der Waals surface area contributed by atoms with Crippen LogP contribution in [-0.4, -0.2) is 20.4 Å². The molecule has 3 rings (SSSR count). The van der Waals surface area contributed by atoms with E-state index in [-0.39, 0.29) is 17.4 Å². The molecule has 0 bridgehead atoms. The smallest absolute Gasteiger partial charge is 0.270 e. The topological polar surface area (TPSA) is 60.8 Å². The van der Waals surface area contributed by atoms with Gasteiger partial charge in [-0.15, -0.1) is 0 Å². The van der Waals surface area contributed by atoms with Gasteiger partial charge in [0.2, 0.25) is 0 Å². The fraction of sp³-hybridized carbons (Fsp3) is 0.111. The first-order valence-corrected chi connectivity index (χ1v) is 8.47. The Kier molecular flexibility index (Phi) is 4.34. The van der Waals surface area contributed by atoms with Crippen LogP contribution in [0.5, 0.6) is 11.5 Å². The van der Waals surface area contributed by atoms with Gasteiger partial charge in [0.15, 0.2) is 4.32 Å². The molecule has 6 heteroatoms. The van der Waals surface area contributed by atoms with Crippen molar-refractivity contribution in [3.05, 3.63) is 58.0 Å². The first-order chi connectivity index (χ1) is 11.4. The zero-order valence-electron chi connectivity index (χ0n) is 13.1. The summed E-state index contributed by atoms with van der Waals surface area (Å²) in [5.74, 6) is -0.342. The Morgan fingerprint density at radius 3 is 2.62 bits per heavy atom. The van der Waals surface area contributed by atoms with Crippen LogP contribution in [0.2, 0.25) is 0 Å². The van der Waals surface area contributed by atoms with E-state index < -0.39 is 0 Å². The van der Waals surface area contributed by atoms with Crippen LogP contribution >= 0.6 is 24.0 Å². The van der Waals surface area contributed by atoms with Crippen molar-refractivity contribution >= 4 is 46.0 Å². The van der Waals surface area contributed by atoms with Gasteiger partial charge in [0.05, 0.1) is 10.6 Å². The summed E-state index contributed by atoms with van der Waals surface area (Å²) in [6.45, 7) is 3.94. The molecule has 122 valence electrons. The molecular weight excluding hydrogens is 342 g/mol. The summed E-state index contributed by atoms with van der Waals surface area (Å²) in [5, 5.41) is 19.3. The molecule has 0 unspecified atom stereocenters. The zero-order valence-corrected chi connectivity index (χ0v) is 14.7. The van der Waals surface area contributed by atoms with Crippen molar-refractivity contribution in [3.8, 4) is 11.5 Å². The van der Waals surface area contributed by atoms with Gasteiger partial charge in [0, 0.05) is 11.6 Å². The molecule has 0 atom stereocenters. The van der Waals surface area contributed by atoms with Gasteiger partial charge >= 0.3 is 0 Å². The second-order valence-electron chi connectivity index (χ2n) is 5.48. The summed E-state index contributed by atoms with van der Waals surface area (Å²) >= 11 is 6.57. The molecule has 1 saturated heterocycles. The van der Waals surface area contributed by atoms with Crippen LogP contribution in [0.1, 0.15) is 16.7 Å². The number of thioether (sulfide) groups is 1. The maximum absolute atomic E-state index is 12.8. The highest BCUT2D eigenvalue weighted by molar-refractivity contribution is 8.27. The molecule has 2 N–H and O–H groups in total. The third kappa shape index (κ3) is 2.90. The summed E-state index contributed by atoms with van der Waals surface area (Å²) in [6, 6.07) is 9.99. The molecule has 2 aromatic rings. The highest BCUT2D eigenvalue weighted by Crippen LogP contribution is 2.38. The van der Waals surface area contributed by atoms with Crippen molar-refractivity contribution in [2.45, 2.75) is 13.8 Å². The summed E-state index contributed by atoms with van der Waals surface area (Å²) in [4.78, 5) is 14.7. The predicted molar refractivity (Wildman–Crippen MR) is 101 cm³/mol. The minimum Gasteiger partial charge on any atom is -0.508 e. The number of hydrogen-bond donors (Lipinski definition) is 2. The van der Waals surface area contributed by atoms with Gasteiger partial charge in [0.1, 0.15) is 11.5 Å². The fourth-order valence-corrected chi connectivity index (χ4v) is 3.72. The Bertz CT molecular complexity index is 890. The molecule has 0 saturated carbocycles. The molecular formula is C18H15NO3S2. The highest BCUT2D eigenvalue weighted by Gasteiger charge is 2.34. The summed E-state index contributed by atoms with van der Waals surface area (Å²) in [6.07, 6.45) is 1.58. The minimum absolute atomic E-state index is 0.0346. The van der Waals surface area contributed by atoms with Crippen LogP contribution in [0.3, 0.4) is 0 Å². The third-order valence-electron chi connectivity index (χ3n) is 3.91. The Labute approximate surface area is 149 Å². The lowest BCUT2D eigenvalue weighted by molar-refractivity contribution is -0.113. The van der Waals surface area contributed by atoms with Crippen LogP contribution in [-0.2, 0) is 4.79 Å². The van der Waals surface area contributed by atoms with E-state index in [0.717, 1.165) is 16.8 Å². The van der Waals surface area contributed by atoms with Crippen LogP contribution in [0.15, 0.2) is 41.3 Å². The maximum Gasteiger partial charge on any atom is 0.270 e. The lowest BCUT2D eigenvalue weighted by Crippen LogP contribution is -2.28. The number of nitrogens with zero attached hydrogens (tertiary/aromatic N) is 1. The third-order valence-corrected chi connectivity index (χ3v) is 5.21. The number of aromatic hydroxyl groups is 2. The lowest BCUT2D eigenvalue weighted by atomic mass is 10.1. The van der Waals surface area contributed by atoms with E-state index in [1.165, 1.54) is 28.8 Å². The highest BCUT2D eigenvalue weighted by atomic mass is 32.2. The number of phenols is 2. The van der Waals surface area contributed by atoms with Crippen LogP contribution in [0.25, 0.3) is 6.08 Å². The number of rotatable bonds is 2. The molecule has 1 heterocycles. The number of amides is 1. The average molecular weight is 357 g/mol. The standard InChI is InChI=1S/C18H15NO3S2/c1-10-4-3-5-14(11(10)2)19-17(22)16(24-18(19)23)8-12-6-7-13(20)9-15(12)21/h3-9,20-21H,1-2H3/b16-8-. The molecule has 2 aromatic carbocycles. The first-order valence-electron chi connectivity index (χ1n) is 7.24. The van der Waals surface area contributed by atoms with Crippen LogP contribution < -0.4 is 4.90 Å². The molecule has 1 aliphatic rings. The van der Waals surface area contributed by atoms with Crippen LogP contribution in [0.4, 0.5) is 5.69 Å². The average Bonchev–Trinajstić information content (AvgIpc) is 2.80. The molecule has 0 aromatic heterocycles. The van der Waals surface area contributed by atoms with Gasteiger partial charge in [-0.05, 0) is 49.2 Å². The monoisotopic (exact) mass is 357 g/mol. The summed E-state index contributed by atoms with van der Waals surface area (Å²) < 4.78 is 0.457. The van der Waals surface area contributed by atoms with Gasteiger partial charge in [-0.1, -0.05) is 36.1 Å². The van der Waals surface area contributed by atoms with E-state index in [1.54, 1.807) is 12.1 Å². The Hall–Kier alpha value is -2.31. The van der Waals surface area contributed by atoms with Gasteiger partial charge in [0.25, 0.3) is 5.91 Å². The van der Waals surface area contributed by atoms with Crippen molar-refractivity contribution in [1.29, 1.82) is 0 Å². The summed E-state index contributed by atoms with van der Waals surface area (Å²) in [7, 11) is 0. The number of aryl methyl sites for hydroxylation is 1. The number of carbonyl (C=O) groups is 1. The second kappa shape index (κ2) is 6.30. The molecule has 24 heavy (non-hydrogen) atoms. The van der Waals surface area contributed by atoms with Gasteiger partial charge in [-0.3, -0.25) is 9.69 Å². The number of thiocarbonyl (C=S) groups is 1. The van der Waals surface area contributed by atoms with Gasteiger partial charge in [-0.25, -0.2) is 0 Å². The Morgan fingerprint density at radius 1 is 1.17 bits per heavy atom. The molecule has 0 spiro atoms. The van der Waals surface area contributed by atoms with Crippen molar-refractivity contribution in [3.63, 3.8) is 0 Å². The van der Waals surface area contributed by atoms with Crippen molar-refractivity contribution in [2.75, 3.05) is 4.90 Å². The van der Waals surface area contributed by atoms with Crippen molar-refractivity contribution in [1.82, 2.24) is 0 Å². The van der Waals surface area contributed by atoms with Crippen molar-refractivity contribution < 1.29 is 15.0 Å². The first kappa shape index (κ1) is 16.5. The van der Waals surface area contributed by atoms with Crippen LogP contribution in [0, 0.1) is 13.8 Å². The number of benzene rings is 2. The predicted octanol–water partition coefficient (Wildman–Crippen LogP) is 4.12. The molecule has 4 nitrogen and oxygen atoms in total. The normalized spacial score (nSPS) is 16.2. The van der Waals surface area contributed by atoms with Crippen molar-refractivity contribution in [2.24, 2.45) is 0 Å². The van der Waals surface area contributed by atoms with Gasteiger partial charge in [-0.2, -0.15) is 0 Å². The van der Waals surface area contributed by atoms with E-state index in [1.807, 2.05) is 32.0 Å². The second-order valence-corrected chi connectivity index (χ2v) is 7.16. The molecule has 1 aliphatic heterocycles. The number of carbonyl (C=O) groups excluding carboxylic acids is 1. The summed E-state index contributed by atoms with van der Waals surface area (Å²) in [5.41, 5.74) is 3.31. The minimum atomic E-state index is -0.217. The lowest BCUT2D eigenvalue weighted by Gasteiger charge is -2.18. The molecule has 1 fully saturated rings. The maximum atomic E-state index is 12.8. The molecule has 0 aliphatic carbocycles. The van der Waals surface area contributed by atoms with E-state index in [4.69, 9.17) is 12.2 Å². The number of anilines is 1. The number of phenolic OH excluding ortho intramolecular Hbond substituents is 2. The van der Waals surface area contributed by atoms with E-state index >= 15 is 0 Å². The van der Waals surface area contributed by atoms with E-state index in [0.29, 0.717) is 14.8 Å². The SMILES string of the molecule is Cc1cccc(N2C(=O)/C(=C/c3ccc(O)cc3O)SC2=S)c1C. The van der Waals surface area contributed by atoms with Gasteiger partial charge < -0.3 is 10.2 Å². The fourth-order valence-electron chi connectivity index (χ4n) is 2.45. The van der Waals surface area contributed by atoms with E-state index in [2.05, 4.69) is 0 Å². The largest absolute Gasteiger partial charge is 0.508 e. The molecule has 0 radical (unpaired) electrons. The van der Waals surface area contributed by atoms with E-state index in [9.17, 15) is 15.0 Å². The Morgan fingerprint density at radius 2 is 1.92 bits per heavy atom. The number of hydrogen-bond acceptors (Lipinski definition) is 5. The Balaban J connectivity index is 2.00. The quantitative estimate of drug-likeness (QED) is 0.625. The zero-order chi connectivity index (χ0) is 17.4. The molecule has 1 amide bonds.